The lowest BCUT2D eigenvalue weighted by atomic mass is 10.2. The van der Waals surface area contributed by atoms with Crippen molar-refractivity contribution in [2.24, 2.45) is 4.99 Å². The third-order valence-electron chi connectivity index (χ3n) is 3.83. The van der Waals surface area contributed by atoms with Gasteiger partial charge in [-0.15, -0.1) is 0 Å². The van der Waals surface area contributed by atoms with Gasteiger partial charge in [0.2, 0.25) is 0 Å². The van der Waals surface area contributed by atoms with Crippen LogP contribution in [-0.4, -0.2) is 17.7 Å². The molecule has 8 heteroatoms. The Morgan fingerprint density at radius 2 is 1.93 bits per heavy atom. The highest BCUT2D eigenvalue weighted by atomic mass is 35.5. The SMILES string of the molecule is CCc1ccc(N=C2NC(=O)/C(=C/c3cc(Cl)c(OCC#N)c(Cl)c3)S2)cc1. The zero-order valence-electron chi connectivity index (χ0n) is 14.8. The molecule has 5 nitrogen and oxygen atoms in total. The van der Waals surface area contributed by atoms with E-state index in [1.807, 2.05) is 30.3 Å². The molecule has 142 valence electrons. The molecule has 1 N–H and O–H groups in total. The molecule has 2 aromatic carbocycles. The Morgan fingerprint density at radius 3 is 2.54 bits per heavy atom. The van der Waals surface area contributed by atoms with Gasteiger partial charge in [-0.3, -0.25) is 4.79 Å². The van der Waals surface area contributed by atoms with Gasteiger partial charge in [0.25, 0.3) is 5.91 Å². The highest BCUT2D eigenvalue weighted by Gasteiger charge is 2.24. The molecule has 0 unspecified atom stereocenters. The molecule has 0 aliphatic carbocycles. The van der Waals surface area contributed by atoms with Crippen LogP contribution in [0.15, 0.2) is 46.3 Å². The number of aryl methyl sites for hydroxylation is 1. The summed E-state index contributed by atoms with van der Waals surface area (Å²) in [5.41, 5.74) is 2.64. The van der Waals surface area contributed by atoms with Gasteiger partial charge in [0.1, 0.15) is 6.07 Å². The lowest BCUT2D eigenvalue weighted by molar-refractivity contribution is -0.115. The summed E-state index contributed by atoms with van der Waals surface area (Å²) >= 11 is 13.6. The molecule has 0 spiro atoms. The van der Waals surface area contributed by atoms with E-state index in [9.17, 15) is 4.79 Å². The van der Waals surface area contributed by atoms with Crippen LogP contribution in [0.1, 0.15) is 18.1 Å². The minimum atomic E-state index is -0.244. The first-order valence-corrected chi connectivity index (χ1v) is 9.94. The number of amides is 1. The third-order valence-corrected chi connectivity index (χ3v) is 5.30. The van der Waals surface area contributed by atoms with Crippen LogP contribution in [0.25, 0.3) is 6.08 Å². The van der Waals surface area contributed by atoms with Crippen LogP contribution in [0.3, 0.4) is 0 Å². The average Bonchev–Trinajstić information content (AvgIpc) is 3.00. The van der Waals surface area contributed by atoms with Crippen LogP contribution >= 0.6 is 35.0 Å². The number of ether oxygens (including phenoxy) is 1. The Kier molecular flexibility index (Phi) is 6.63. The molecule has 3 rings (SSSR count). The fourth-order valence-corrected chi connectivity index (χ4v) is 3.92. The van der Waals surface area contributed by atoms with Crippen LogP contribution in [0.5, 0.6) is 5.75 Å². The zero-order chi connectivity index (χ0) is 20.1. The Labute approximate surface area is 177 Å². The van der Waals surface area contributed by atoms with Crippen LogP contribution in [-0.2, 0) is 11.2 Å². The van der Waals surface area contributed by atoms with Crippen molar-refractivity contribution in [2.45, 2.75) is 13.3 Å². The molecule has 1 aliphatic heterocycles. The maximum atomic E-state index is 12.3. The fraction of sp³-hybridized carbons (Fsp3) is 0.150. The van der Waals surface area contributed by atoms with Crippen molar-refractivity contribution in [3.63, 3.8) is 0 Å². The summed E-state index contributed by atoms with van der Waals surface area (Å²) in [4.78, 5) is 17.2. The van der Waals surface area contributed by atoms with E-state index in [-0.39, 0.29) is 28.3 Å². The number of rotatable bonds is 5. The number of amidine groups is 1. The number of halogens is 2. The maximum absolute atomic E-state index is 12.3. The highest BCUT2D eigenvalue weighted by Crippen LogP contribution is 2.36. The average molecular weight is 432 g/mol. The molecule has 0 bridgehead atoms. The van der Waals surface area contributed by atoms with E-state index in [2.05, 4.69) is 17.2 Å². The van der Waals surface area contributed by atoms with Crippen molar-refractivity contribution in [3.8, 4) is 11.8 Å². The quantitative estimate of drug-likeness (QED) is 0.647. The Morgan fingerprint density at radius 1 is 1.25 bits per heavy atom. The lowest BCUT2D eigenvalue weighted by Gasteiger charge is -2.08. The minimum Gasteiger partial charge on any atom is -0.476 e. The minimum absolute atomic E-state index is 0.156. The smallest absolute Gasteiger partial charge is 0.264 e. The summed E-state index contributed by atoms with van der Waals surface area (Å²) in [6.45, 7) is 1.93. The lowest BCUT2D eigenvalue weighted by Crippen LogP contribution is -2.19. The van der Waals surface area contributed by atoms with E-state index in [0.29, 0.717) is 15.6 Å². The summed E-state index contributed by atoms with van der Waals surface area (Å²) in [5, 5.41) is 12.4. The fourth-order valence-electron chi connectivity index (χ4n) is 2.46. The Bertz CT molecular complexity index is 988. The zero-order valence-corrected chi connectivity index (χ0v) is 17.2. The number of aliphatic imine (C=N–C) groups is 1. The highest BCUT2D eigenvalue weighted by molar-refractivity contribution is 8.18. The van der Waals surface area contributed by atoms with Crippen LogP contribution in [0.2, 0.25) is 10.0 Å². The second-order valence-electron chi connectivity index (χ2n) is 5.76. The second-order valence-corrected chi connectivity index (χ2v) is 7.61. The summed E-state index contributed by atoms with van der Waals surface area (Å²) in [5.74, 6) is -0.000632. The van der Waals surface area contributed by atoms with E-state index in [0.717, 1.165) is 12.1 Å². The normalized spacial score (nSPS) is 16.3. The van der Waals surface area contributed by atoms with Crippen molar-refractivity contribution in [3.05, 3.63) is 62.5 Å². The van der Waals surface area contributed by atoms with E-state index >= 15 is 0 Å². The number of thioether (sulfide) groups is 1. The van der Waals surface area contributed by atoms with Gasteiger partial charge in [-0.25, -0.2) is 4.99 Å². The molecular formula is C20H15Cl2N3O2S. The van der Waals surface area contributed by atoms with Crippen molar-refractivity contribution in [2.75, 3.05) is 6.61 Å². The molecule has 0 atom stereocenters. The molecule has 0 aromatic heterocycles. The van der Waals surface area contributed by atoms with Gasteiger partial charge in [-0.05, 0) is 59.7 Å². The molecule has 1 fully saturated rings. The monoisotopic (exact) mass is 431 g/mol. The van der Waals surface area contributed by atoms with Gasteiger partial charge in [0, 0.05) is 0 Å². The van der Waals surface area contributed by atoms with E-state index in [1.54, 1.807) is 18.2 Å². The maximum Gasteiger partial charge on any atom is 0.264 e. The summed E-state index contributed by atoms with van der Waals surface area (Å²) in [6, 6.07) is 13.0. The van der Waals surface area contributed by atoms with Gasteiger partial charge in [0.05, 0.1) is 20.6 Å². The van der Waals surface area contributed by atoms with Crippen molar-refractivity contribution in [1.82, 2.24) is 5.32 Å². The van der Waals surface area contributed by atoms with E-state index in [4.69, 9.17) is 33.2 Å². The summed E-state index contributed by atoms with van der Waals surface area (Å²) < 4.78 is 5.21. The number of nitrogens with zero attached hydrogens (tertiary/aromatic N) is 2. The molecule has 2 aromatic rings. The second kappa shape index (κ2) is 9.16. The van der Waals surface area contributed by atoms with Crippen LogP contribution in [0.4, 0.5) is 5.69 Å². The van der Waals surface area contributed by atoms with E-state index in [1.165, 1.54) is 17.3 Å². The number of carbonyl (C=O) groups is 1. The predicted octanol–water partition coefficient (Wildman–Crippen LogP) is 5.35. The predicted molar refractivity (Wildman–Crippen MR) is 114 cm³/mol. The molecule has 28 heavy (non-hydrogen) atoms. The Balaban J connectivity index is 1.80. The molecule has 0 radical (unpaired) electrons. The van der Waals surface area contributed by atoms with Gasteiger partial charge in [-0.2, -0.15) is 5.26 Å². The molecule has 1 aliphatic rings. The standard InChI is InChI=1S/C20H15Cl2N3O2S/c1-2-12-3-5-14(6-4-12)24-20-25-19(26)17(28-20)11-13-9-15(21)18(16(22)10-13)27-8-7-23/h3-6,9-11H,2,8H2,1H3,(H,24,25,26)/b17-11-. The number of benzene rings is 2. The number of hydrogen-bond acceptors (Lipinski definition) is 5. The van der Waals surface area contributed by atoms with Gasteiger partial charge in [-0.1, -0.05) is 42.3 Å². The van der Waals surface area contributed by atoms with Gasteiger partial charge in [0.15, 0.2) is 17.5 Å². The van der Waals surface area contributed by atoms with Crippen molar-refractivity contribution in [1.29, 1.82) is 5.26 Å². The van der Waals surface area contributed by atoms with Gasteiger partial charge < -0.3 is 10.1 Å². The van der Waals surface area contributed by atoms with Crippen molar-refractivity contribution >= 4 is 57.8 Å². The Hall–Kier alpha value is -2.46. The van der Waals surface area contributed by atoms with Crippen LogP contribution < -0.4 is 10.1 Å². The number of carbonyl (C=O) groups excluding carboxylic acids is 1. The summed E-state index contributed by atoms with van der Waals surface area (Å²) in [6.07, 6.45) is 2.63. The van der Waals surface area contributed by atoms with Crippen LogP contribution in [0, 0.1) is 11.3 Å². The van der Waals surface area contributed by atoms with Crippen molar-refractivity contribution < 1.29 is 9.53 Å². The third kappa shape index (κ3) is 4.87. The first-order chi connectivity index (χ1) is 13.5. The first-order valence-electron chi connectivity index (χ1n) is 8.37. The molecule has 0 saturated carbocycles. The van der Waals surface area contributed by atoms with Gasteiger partial charge >= 0.3 is 0 Å². The topological polar surface area (TPSA) is 74.5 Å². The molecule has 1 heterocycles. The number of nitriles is 1. The molecule has 1 saturated heterocycles. The molecule has 1 amide bonds. The summed E-state index contributed by atoms with van der Waals surface area (Å²) in [7, 11) is 0. The number of nitrogens with one attached hydrogen (secondary N) is 1. The largest absolute Gasteiger partial charge is 0.476 e. The van der Waals surface area contributed by atoms with E-state index < -0.39 is 0 Å². The first kappa shape index (κ1) is 20.3. The molecular weight excluding hydrogens is 417 g/mol. The number of hydrogen-bond donors (Lipinski definition) is 1.